The lowest BCUT2D eigenvalue weighted by Gasteiger charge is -2.34. The first-order valence-corrected chi connectivity index (χ1v) is 16.7. The zero-order valence-electron chi connectivity index (χ0n) is 27.6. The second kappa shape index (κ2) is 12.9. The zero-order valence-corrected chi connectivity index (χ0v) is 27.6. The van der Waals surface area contributed by atoms with Crippen LogP contribution in [0.15, 0.2) is 183 Å². The molecule has 7 aromatic rings. The number of ether oxygens (including phenoxy) is 2. The number of nitrogens with one attached hydrogen (secondary N) is 1. The molecule has 1 aliphatic rings. The Morgan fingerprint density at radius 3 is 1.94 bits per heavy atom. The fourth-order valence-corrected chi connectivity index (χ4v) is 7.74. The van der Waals surface area contributed by atoms with E-state index in [9.17, 15) is 0 Å². The van der Waals surface area contributed by atoms with Crippen molar-refractivity contribution in [1.82, 2.24) is 0 Å². The van der Waals surface area contributed by atoms with E-state index in [1.165, 1.54) is 62.2 Å². The second-order valence-electron chi connectivity index (χ2n) is 12.5. The topological polar surface area (TPSA) is 42.3 Å². The molecule has 8 rings (SSSR count). The van der Waals surface area contributed by atoms with Crippen LogP contribution in [0, 0.1) is 5.41 Å². The van der Waals surface area contributed by atoms with E-state index in [0.29, 0.717) is 12.2 Å². The summed E-state index contributed by atoms with van der Waals surface area (Å²) in [4.78, 5) is 0. The molecule has 7 aromatic carbocycles. The van der Waals surface area contributed by atoms with E-state index in [4.69, 9.17) is 14.9 Å². The van der Waals surface area contributed by atoms with E-state index in [1.54, 1.807) is 0 Å². The van der Waals surface area contributed by atoms with Crippen LogP contribution in [0.3, 0.4) is 0 Å². The molecule has 1 aliphatic carbocycles. The molecule has 1 N–H and O–H groups in total. The Morgan fingerprint density at radius 2 is 1.22 bits per heavy atom. The van der Waals surface area contributed by atoms with Gasteiger partial charge in [0.2, 0.25) is 5.90 Å². The fraction of sp³-hybridized carbons (Fsp3) is 0.0426. The van der Waals surface area contributed by atoms with Gasteiger partial charge >= 0.3 is 0 Å². The molecule has 3 heteroatoms. The SMILES string of the molecule is C=COCc1cccc(-c2cc3c(c4ccccc24)-c2ccc(-c4cccc(C(=N)OC=C)c4)cc2C3(c2ccccc2)c2ccccc2)c1. The van der Waals surface area contributed by atoms with Crippen LogP contribution >= 0.6 is 0 Å². The van der Waals surface area contributed by atoms with E-state index in [2.05, 4.69) is 153 Å². The maximum absolute atomic E-state index is 8.40. The Balaban J connectivity index is 1.46. The Kier molecular flexibility index (Phi) is 7.94. The highest BCUT2D eigenvalue weighted by Crippen LogP contribution is 2.59. The van der Waals surface area contributed by atoms with E-state index < -0.39 is 5.41 Å². The summed E-state index contributed by atoms with van der Waals surface area (Å²) in [5, 5.41) is 10.8. The lowest BCUT2D eigenvalue weighted by Crippen LogP contribution is -2.28. The van der Waals surface area contributed by atoms with Gasteiger partial charge in [0.25, 0.3) is 0 Å². The van der Waals surface area contributed by atoms with Crippen LogP contribution in [0.1, 0.15) is 33.4 Å². The van der Waals surface area contributed by atoms with Crippen LogP contribution in [-0.2, 0) is 21.5 Å². The number of hydrogen-bond acceptors (Lipinski definition) is 3. The molecule has 0 atom stereocenters. The summed E-state index contributed by atoms with van der Waals surface area (Å²) in [7, 11) is 0. The van der Waals surface area contributed by atoms with Gasteiger partial charge in [-0.25, -0.2) is 0 Å². The van der Waals surface area contributed by atoms with Gasteiger partial charge in [0.15, 0.2) is 0 Å². The van der Waals surface area contributed by atoms with Crippen molar-refractivity contribution in [2.24, 2.45) is 0 Å². The first-order valence-electron chi connectivity index (χ1n) is 16.7. The van der Waals surface area contributed by atoms with Gasteiger partial charge in [-0.15, -0.1) is 0 Å². The molecule has 0 bridgehead atoms. The van der Waals surface area contributed by atoms with Crippen molar-refractivity contribution in [3.8, 4) is 33.4 Å². The van der Waals surface area contributed by atoms with Crippen LogP contribution in [0.4, 0.5) is 0 Å². The van der Waals surface area contributed by atoms with E-state index in [1.807, 2.05) is 18.2 Å². The number of hydrogen-bond donors (Lipinski definition) is 1. The molecule has 0 aliphatic heterocycles. The average molecular weight is 646 g/mol. The van der Waals surface area contributed by atoms with E-state index >= 15 is 0 Å². The smallest absolute Gasteiger partial charge is 0.218 e. The predicted octanol–water partition coefficient (Wildman–Crippen LogP) is 11.7. The largest absolute Gasteiger partial charge is 0.497 e. The second-order valence-corrected chi connectivity index (χ2v) is 12.5. The molecule has 50 heavy (non-hydrogen) atoms. The third-order valence-electron chi connectivity index (χ3n) is 9.82. The van der Waals surface area contributed by atoms with Crippen molar-refractivity contribution < 1.29 is 9.47 Å². The summed E-state index contributed by atoms with van der Waals surface area (Å²) in [6, 6.07) is 56.4. The van der Waals surface area contributed by atoms with E-state index in [0.717, 1.165) is 22.3 Å². The van der Waals surface area contributed by atoms with Crippen molar-refractivity contribution in [1.29, 1.82) is 5.41 Å². The van der Waals surface area contributed by atoms with Crippen molar-refractivity contribution in [2.45, 2.75) is 12.0 Å². The van der Waals surface area contributed by atoms with Gasteiger partial charge in [0.05, 0.1) is 17.9 Å². The summed E-state index contributed by atoms with van der Waals surface area (Å²) in [5.41, 5.74) is 12.9. The summed E-state index contributed by atoms with van der Waals surface area (Å²) in [6.45, 7) is 7.83. The van der Waals surface area contributed by atoms with Crippen molar-refractivity contribution in [2.75, 3.05) is 0 Å². The van der Waals surface area contributed by atoms with Gasteiger partial charge in [-0.1, -0.05) is 141 Å². The van der Waals surface area contributed by atoms with Gasteiger partial charge in [-0.3, -0.25) is 5.41 Å². The molecule has 0 saturated heterocycles. The molecule has 240 valence electrons. The average Bonchev–Trinajstić information content (AvgIpc) is 3.48. The molecule has 0 spiro atoms. The Hall–Kier alpha value is -6.45. The first kappa shape index (κ1) is 30.9. The van der Waals surface area contributed by atoms with Gasteiger partial charge in [-0.2, -0.15) is 0 Å². The highest BCUT2D eigenvalue weighted by Gasteiger charge is 2.47. The quantitative estimate of drug-likeness (QED) is 0.0964. The monoisotopic (exact) mass is 645 g/mol. The zero-order chi connectivity index (χ0) is 34.1. The lowest BCUT2D eigenvalue weighted by molar-refractivity contribution is 0.238. The van der Waals surface area contributed by atoms with Crippen molar-refractivity contribution in [3.63, 3.8) is 0 Å². The van der Waals surface area contributed by atoms with Gasteiger partial charge in [-0.05, 0) is 102 Å². The number of fused-ring (bicyclic) bond motifs is 5. The summed E-state index contributed by atoms with van der Waals surface area (Å²) < 4.78 is 10.9. The highest BCUT2D eigenvalue weighted by atomic mass is 16.5. The maximum Gasteiger partial charge on any atom is 0.218 e. The minimum atomic E-state index is -0.609. The number of rotatable bonds is 9. The third-order valence-corrected chi connectivity index (χ3v) is 9.82. The summed E-state index contributed by atoms with van der Waals surface area (Å²) in [6.07, 6.45) is 2.78. The van der Waals surface area contributed by atoms with Gasteiger partial charge in [0.1, 0.15) is 6.61 Å². The Labute approximate surface area is 292 Å². The van der Waals surface area contributed by atoms with Crippen molar-refractivity contribution >= 4 is 16.7 Å². The molecular formula is C47H35NO2. The molecular weight excluding hydrogens is 611 g/mol. The molecule has 0 heterocycles. The molecule has 0 unspecified atom stereocenters. The van der Waals surface area contributed by atoms with Crippen LogP contribution in [0.5, 0.6) is 0 Å². The molecule has 0 fully saturated rings. The lowest BCUT2D eigenvalue weighted by atomic mass is 9.67. The maximum atomic E-state index is 8.40. The van der Waals surface area contributed by atoms with Crippen LogP contribution in [-0.4, -0.2) is 5.90 Å². The minimum absolute atomic E-state index is 0.0671. The third kappa shape index (κ3) is 5.03. The van der Waals surface area contributed by atoms with E-state index in [-0.39, 0.29) is 5.90 Å². The van der Waals surface area contributed by atoms with Gasteiger partial charge < -0.3 is 9.47 Å². The normalized spacial score (nSPS) is 12.5. The molecule has 0 radical (unpaired) electrons. The molecule has 3 nitrogen and oxygen atoms in total. The Bertz CT molecular complexity index is 2370. The number of benzene rings is 7. The van der Waals surface area contributed by atoms with Crippen molar-refractivity contribution in [3.05, 3.63) is 217 Å². The predicted molar refractivity (Wildman–Crippen MR) is 205 cm³/mol. The fourth-order valence-electron chi connectivity index (χ4n) is 7.74. The molecule has 0 aromatic heterocycles. The van der Waals surface area contributed by atoms with Gasteiger partial charge in [0, 0.05) is 5.56 Å². The molecule has 0 amide bonds. The summed E-state index contributed by atoms with van der Waals surface area (Å²) in [5.74, 6) is 0.0671. The first-order chi connectivity index (χ1) is 24.6. The standard InChI is InChI=1S/C47H35NO2/c1-3-49-31-32-15-13-17-35(27-32)42-30-44-45(40-24-12-11-23-39(40)42)41-26-25-34(33-16-14-18-36(28-33)46(48)50-4-2)29-43(41)47(44,37-19-7-5-8-20-37)38-21-9-6-10-22-38/h3-30,48H,1-2,31H2. The minimum Gasteiger partial charge on any atom is -0.497 e. The molecule has 0 saturated carbocycles. The summed E-state index contributed by atoms with van der Waals surface area (Å²) >= 11 is 0. The van der Waals surface area contributed by atoms with Crippen LogP contribution in [0.25, 0.3) is 44.2 Å². The highest BCUT2D eigenvalue weighted by molar-refractivity contribution is 6.10. The van der Waals surface area contributed by atoms with Crippen LogP contribution < -0.4 is 0 Å². The van der Waals surface area contributed by atoms with Crippen LogP contribution in [0.2, 0.25) is 0 Å². The Morgan fingerprint density at radius 1 is 0.560 bits per heavy atom.